The summed E-state index contributed by atoms with van der Waals surface area (Å²) in [7, 11) is -5.14. The molecule has 43 heavy (non-hydrogen) atoms. The smallest absolute Gasteiger partial charge is 0.249 e. The molecular weight excluding hydrogens is 595 g/mol. The number of fused-ring (bicyclic) bond motifs is 1. The van der Waals surface area contributed by atoms with Gasteiger partial charge in [0.15, 0.2) is 33.8 Å². The van der Waals surface area contributed by atoms with Gasteiger partial charge in [-0.2, -0.15) is 9.40 Å². The molecular formula is C28H21F5N6O3S. The fourth-order valence-corrected chi connectivity index (χ4v) is 6.66. The summed E-state index contributed by atoms with van der Waals surface area (Å²) in [6, 6.07) is 15.4. The zero-order chi connectivity index (χ0) is 30.5. The Bertz CT molecular complexity index is 1930. The first-order valence-corrected chi connectivity index (χ1v) is 14.4. The number of sulfonamides is 1. The van der Waals surface area contributed by atoms with Gasteiger partial charge in [0.1, 0.15) is 29.3 Å². The molecule has 3 heterocycles. The summed E-state index contributed by atoms with van der Waals surface area (Å²) in [6.07, 6.45) is 1.78. The van der Waals surface area contributed by atoms with Crippen LogP contribution in [-0.2, 0) is 10.0 Å². The third-order valence-corrected chi connectivity index (χ3v) is 8.98. The number of nitrogens with zero attached hydrogens (tertiary/aromatic N) is 5. The normalized spacial score (nSPS) is 16.1. The lowest BCUT2D eigenvalue weighted by Crippen LogP contribution is -2.41. The fraction of sp³-hybridized carbons (Fsp3) is 0.179. The average molecular weight is 617 g/mol. The Morgan fingerprint density at radius 2 is 1.47 bits per heavy atom. The molecule has 0 spiro atoms. The minimum atomic E-state index is -5.14. The lowest BCUT2D eigenvalue weighted by atomic mass is 10.1. The van der Waals surface area contributed by atoms with Gasteiger partial charge in [-0.1, -0.05) is 18.2 Å². The summed E-state index contributed by atoms with van der Waals surface area (Å²) in [5.74, 6) is -10.7. The third-order valence-electron chi connectivity index (χ3n) is 7.10. The molecule has 2 N–H and O–H groups in total. The van der Waals surface area contributed by atoms with Gasteiger partial charge in [0.2, 0.25) is 15.8 Å². The molecule has 1 fully saturated rings. The standard InChI is InChI=1S/C28H21F5N6O3S/c29-20-21(30)23(32)26(24(33)22(20)31)43(40,41)38-12-4-5-16(13-38)39-28-19(27(34)35-14-36-28)25(37-39)15-8-10-18(11-9-15)42-17-6-2-1-3-7-17/h1-3,6-11,14,16H,4-5,12-13H2,(H2,34,35,36). The number of para-hydroxylation sites is 1. The first kappa shape index (κ1) is 28.5. The quantitative estimate of drug-likeness (QED) is 0.150. The van der Waals surface area contributed by atoms with Crippen molar-refractivity contribution >= 4 is 26.9 Å². The van der Waals surface area contributed by atoms with Crippen LogP contribution in [0.2, 0.25) is 0 Å². The van der Waals surface area contributed by atoms with Gasteiger partial charge < -0.3 is 10.5 Å². The van der Waals surface area contributed by atoms with E-state index in [2.05, 4.69) is 15.1 Å². The van der Waals surface area contributed by atoms with E-state index < -0.39 is 50.0 Å². The molecule has 0 radical (unpaired) electrons. The maximum absolute atomic E-state index is 14.5. The van der Waals surface area contributed by atoms with E-state index in [1.165, 1.54) is 11.0 Å². The second-order valence-corrected chi connectivity index (χ2v) is 11.6. The highest BCUT2D eigenvalue weighted by Crippen LogP contribution is 2.37. The summed E-state index contributed by atoms with van der Waals surface area (Å²) in [5, 5.41) is 5.06. The van der Waals surface area contributed by atoms with Gasteiger partial charge in [0.25, 0.3) is 0 Å². The average Bonchev–Trinajstić information content (AvgIpc) is 3.41. The highest BCUT2D eigenvalue weighted by molar-refractivity contribution is 7.89. The Kier molecular flexibility index (Phi) is 7.22. The van der Waals surface area contributed by atoms with Gasteiger partial charge in [-0.3, -0.25) is 0 Å². The number of nitrogens with two attached hydrogens (primary N) is 1. The van der Waals surface area contributed by atoms with Crippen LogP contribution in [0.1, 0.15) is 18.9 Å². The van der Waals surface area contributed by atoms with Gasteiger partial charge in [-0.05, 0) is 49.2 Å². The number of aromatic nitrogens is 4. The zero-order valence-electron chi connectivity index (χ0n) is 22.0. The van der Waals surface area contributed by atoms with Crippen LogP contribution in [0.3, 0.4) is 0 Å². The van der Waals surface area contributed by atoms with Crippen LogP contribution in [0.15, 0.2) is 65.8 Å². The maximum Gasteiger partial charge on any atom is 0.249 e. The van der Waals surface area contributed by atoms with Crippen molar-refractivity contribution in [3.8, 4) is 22.8 Å². The Morgan fingerprint density at radius 3 is 2.14 bits per heavy atom. The van der Waals surface area contributed by atoms with Gasteiger partial charge in [-0.15, -0.1) is 0 Å². The molecule has 1 atom stereocenters. The van der Waals surface area contributed by atoms with Crippen molar-refractivity contribution in [3.63, 3.8) is 0 Å². The second-order valence-electron chi connectivity index (χ2n) is 9.75. The van der Waals surface area contributed by atoms with Crippen molar-refractivity contribution in [2.45, 2.75) is 23.8 Å². The Labute approximate surface area is 241 Å². The predicted molar refractivity (Wildman–Crippen MR) is 145 cm³/mol. The molecule has 5 aromatic rings. The number of ether oxygens (including phenoxy) is 1. The lowest BCUT2D eigenvalue weighted by Gasteiger charge is -2.32. The molecule has 15 heteroatoms. The Morgan fingerprint density at radius 1 is 0.837 bits per heavy atom. The predicted octanol–water partition coefficient (Wildman–Crippen LogP) is 5.59. The minimum absolute atomic E-state index is 0.109. The number of rotatable bonds is 6. The van der Waals surface area contributed by atoms with Crippen molar-refractivity contribution in [2.75, 3.05) is 18.8 Å². The molecule has 0 amide bonds. The van der Waals surface area contributed by atoms with Gasteiger partial charge in [0.05, 0.1) is 11.4 Å². The van der Waals surface area contributed by atoms with E-state index in [1.807, 2.05) is 18.2 Å². The maximum atomic E-state index is 14.5. The molecule has 1 aliphatic rings. The van der Waals surface area contributed by atoms with Crippen molar-refractivity contribution in [3.05, 3.63) is 90.0 Å². The van der Waals surface area contributed by atoms with E-state index in [0.717, 1.165) is 0 Å². The van der Waals surface area contributed by atoms with Crippen LogP contribution in [0.4, 0.5) is 27.8 Å². The molecule has 1 saturated heterocycles. The summed E-state index contributed by atoms with van der Waals surface area (Å²) in [5.41, 5.74) is 7.47. The van der Waals surface area contributed by atoms with Crippen LogP contribution in [0, 0.1) is 29.1 Å². The number of hydrogen-bond acceptors (Lipinski definition) is 7. The monoisotopic (exact) mass is 616 g/mol. The van der Waals surface area contributed by atoms with E-state index in [-0.39, 0.29) is 31.0 Å². The van der Waals surface area contributed by atoms with E-state index >= 15 is 0 Å². The number of anilines is 1. The van der Waals surface area contributed by atoms with E-state index in [4.69, 9.17) is 10.5 Å². The Balaban J connectivity index is 1.35. The zero-order valence-corrected chi connectivity index (χ0v) is 22.8. The van der Waals surface area contributed by atoms with E-state index in [9.17, 15) is 30.4 Å². The number of halogens is 5. The molecule has 2 aromatic heterocycles. The molecule has 1 aliphatic heterocycles. The highest BCUT2D eigenvalue weighted by atomic mass is 32.2. The number of piperidine rings is 1. The molecule has 9 nitrogen and oxygen atoms in total. The summed E-state index contributed by atoms with van der Waals surface area (Å²) >= 11 is 0. The van der Waals surface area contributed by atoms with Gasteiger partial charge >= 0.3 is 0 Å². The topological polar surface area (TPSA) is 116 Å². The molecule has 0 bridgehead atoms. The Hall–Kier alpha value is -4.63. The number of hydrogen-bond donors (Lipinski definition) is 1. The number of benzene rings is 3. The van der Waals surface area contributed by atoms with Crippen LogP contribution < -0.4 is 10.5 Å². The van der Waals surface area contributed by atoms with Gasteiger partial charge in [-0.25, -0.2) is 45.0 Å². The van der Waals surface area contributed by atoms with Crippen molar-refractivity contribution in [2.24, 2.45) is 0 Å². The first-order chi connectivity index (χ1) is 20.6. The molecule has 222 valence electrons. The second kappa shape index (κ2) is 10.9. The van der Waals surface area contributed by atoms with Crippen molar-refractivity contribution in [1.82, 2.24) is 24.1 Å². The number of nitrogen functional groups attached to an aromatic ring is 1. The van der Waals surface area contributed by atoms with Crippen LogP contribution in [0.5, 0.6) is 11.5 Å². The largest absolute Gasteiger partial charge is 0.457 e. The summed E-state index contributed by atoms with van der Waals surface area (Å²) < 4.78 is 105. The lowest BCUT2D eigenvalue weighted by molar-refractivity contribution is 0.255. The molecule has 6 rings (SSSR count). The molecule has 0 saturated carbocycles. The van der Waals surface area contributed by atoms with Crippen molar-refractivity contribution in [1.29, 1.82) is 0 Å². The fourth-order valence-electron chi connectivity index (χ4n) is 5.04. The van der Waals surface area contributed by atoms with Crippen LogP contribution in [-0.4, -0.2) is 45.6 Å². The van der Waals surface area contributed by atoms with E-state index in [1.54, 1.807) is 36.4 Å². The summed E-state index contributed by atoms with van der Waals surface area (Å²) in [6.45, 7) is -0.601. The molecule has 3 aromatic carbocycles. The molecule has 0 aliphatic carbocycles. The third kappa shape index (κ3) is 4.93. The minimum Gasteiger partial charge on any atom is -0.457 e. The first-order valence-electron chi connectivity index (χ1n) is 12.9. The summed E-state index contributed by atoms with van der Waals surface area (Å²) in [4.78, 5) is 6.46. The van der Waals surface area contributed by atoms with Gasteiger partial charge in [0, 0.05) is 18.7 Å². The van der Waals surface area contributed by atoms with Crippen molar-refractivity contribution < 1.29 is 35.1 Å². The SMILES string of the molecule is Nc1ncnc2c1c(-c1ccc(Oc3ccccc3)cc1)nn2C1CCCN(S(=O)(=O)c2c(F)c(F)c(F)c(F)c2F)C1. The van der Waals surface area contributed by atoms with Crippen LogP contribution >= 0.6 is 0 Å². The molecule has 1 unspecified atom stereocenters. The van der Waals surface area contributed by atoms with E-state index in [0.29, 0.717) is 38.9 Å². The highest BCUT2D eigenvalue weighted by Gasteiger charge is 2.40. The van der Waals surface area contributed by atoms with Crippen LogP contribution in [0.25, 0.3) is 22.3 Å².